The summed E-state index contributed by atoms with van der Waals surface area (Å²) < 4.78 is 5.49. The smallest absolute Gasteiger partial charge is 0.326 e. The quantitative estimate of drug-likeness (QED) is 0.837. The molecule has 3 unspecified atom stereocenters. The molecule has 7 nitrogen and oxygen atoms in total. The number of hydrogen-bond acceptors (Lipinski definition) is 4. The molecule has 3 N–H and O–H groups in total. The lowest BCUT2D eigenvalue weighted by atomic mass is 9.85. The number of carboxylic acids is 1. The van der Waals surface area contributed by atoms with Crippen LogP contribution in [-0.4, -0.2) is 46.5 Å². The lowest BCUT2D eigenvalue weighted by Gasteiger charge is -2.32. The topological polar surface area (TPSA) is 110 Å². The van der Waals surface area contributed by atoms with Gasteiger partial charge in [-0.25, -0.2) is 4.79 Å². The molecule has 2 fully saturated rings. The van der Waals surface area contributed by atoms with E-state index >= 15 is 0 Å². The van der Waals surface area contributed by atoms with Crippen LogP contribution in [0.25, 0.3) is 0 Å². The number of ether oxygens (including phenoxy) is 1. The number of carbonyl (C=O) groups is 3. The Labute approximate surface area is 145 Å². The van der Waals surface area contributed by atoms with Gasteiger partial charge in [-0.15, -0.1) is 0 Å². The number of primary amides is 1. The van der Waals surface area contributed by atoms with Gasteiger partial charge in [0.2, 0.25) is 5.91 Å². The highest BCUT2D eigenvalue weighted by Gasteiger charge is 2.47. The van der Waals surface area contributed by atoms with Crippen LogP contribution in [-0.2, 0) is 9.59 Å². The fourth-order valence-corrected chi connectivity index (χ4v) is 3.97. The van der Waals surface area contributed by atoms with Gasteiger partial charge < -0.3 is 20.5 Å². The Balaban J connectivity index is 1.66. The molecule has 1 heterocycles. The number of hydrogen-bond donors (Lipinski definition) is 2. The fraction of sp³-hybridized carbons (Fsp3) is 0.500. The first-order chi connectivity index (χ1) is 12.0. The predicted molar refractivity (Wildman–Crippen MR) is 89.1 cm³/mol. The maximum Gasteiger partial charge on any atom is 0.326 e. The van der Waals surface area contributed by atoms with Crippen LogP contribution < -0.4 is 10.5 Å². The summed E-state index contributed by atoms with van der Waals surface area (Å²) in [5.74, 6) is -1.08. The van der Waals surface area contributed by atoms with Crippen LogP contribution in [0.2, 0.25) is 0 Å². The zero-order chi connectivity index (χ0) is 18.0. The van der Waals surface area contributed by atoms with Gasteiger partial charge in [-0.3, -0.25) is 9.59 Å². The molecule has 1 aliphatic carbocycles. The number of nitrogens with two attached hydrogens (primary N) is 1. The predicted octanol–water partition coefficient (Wildman–Crippen LogP) is 1.41. The van der Waals surface area contributed by atoms with Crippen molar-refractivity contribution in [3.8, 4) is 5.75 Å². The summed E-state index contributed by atoms with van der Waals surface area (Å²) in [4.78, 5) is 36.8. The highest BCUT2D eigenvalue weighted by molar-refractivity contribution is 5.92. The van der Waals surface area contributed by atoms with Gasteiger partial charge >= 0.3 is 5.97 Å². The van der Waals surface area contributed by atoms with E-state index in [1.165, 1.54) is 17.0 Å². The number of benzene rings is 1. The summed E-state index contributed by atoms with van der Waals surface area (Å²) >= 11 is 0. The van der Waals surface area contributed by atoms with Gasteiger partial charge in [0.05, 0.1) is 0 Å². The lowest BCUT2D eigenvalue weighted by molar-refractivity contribution is -0.150. The Morgan fingerprint density at radius 1 is 1.16 bits per heavy atom. The number of nitrogens with zero attached hydrogens (tertiary/aromatic N) is 1. The molecule has 134 valence electrons. The number of amides is 2. The van der Waals surface area contributed by atoms with Crippen LogP contribution >= 0.6 is 0 Å². The fourth-order valence-electron chi connectivity index (χ4n) is 3.97. The highest BCUT2D eigenvalue weighted by atomic mass is 16.5. The molecule has 1 saturated heterocycles. The second-order valence-electron chi connectivity index (χ2n) is 6.68. The minimum Gasteiger partial charge on any atom is -0.484 e. The molecular formula is C18H22N2O5. The summed E-state index contributed by atoms with van der Waals surface area (Å²) in [5.41, 5.74) is 5.53. The summed E-state index contributed by atoms with van der Waals surface area (Å²) in [7, 11) is 0. The Kier molecular flexibility index (Phi) is 4.92. The average Bonchev–Trinajstić information content (AvgIpc) is 3.00. The maximum atomic E-state index is 12.6. The largest absolute Gasteiger partial charge is 0.484 e. The molecule has 1 aromatic rings. The van der Waals surface area contributed by atoms with Crippen LogP contribution in [0.5, 0.6) is 5.75 Å². The molecule has 3 atom stereocenters. The molecular weight excluding hydrogens is 324 g/mol. The van der Waals surface area contributed by atoms with E-state index in [9.17, 15) is 19.5 Å². The van der Waals surface area contributed by atoms with Crippen molar-refractivity contribution in [2.45, 2.75) is 44.2 Å². The molecule has 3 rings (SSSR count). The normalized spacial score (nSPS) is 25.3. The van der Waals surface area contributed by atoms with Crippen molar-refractivity contribution < 1.29 is 24.2 Å². The Morgan fingerprint density at radius 2 is 1.84 bits per heavy atom. The van der Waals surface area contributed by atoms with Gasteiger partial charge in [0.15, 0.2) is 6.61 Å². The Hall–Kier alpha value is -2.57. The first-order valence-electron chi connectivity index (χ1n) is 8.54. The van der Waals surface area contributed by atoms with Gasteiger partial charge in [0, 0.05) is 11.6 Å². The molecule has 25 heavy (non-hydrogen) atoms. The monoisotopic (exact) mass is 346 g/mol. The van der Waals surface area contributed by atoms with Crippen LogP contribution in [0.4, 0.5) is 0 Å². The molecule has 2 aliphatic rings. The molecule has 7 heteroatoms. The summed E-state index contributed by atoms with van der Waals surface area (Å²) in [6.07, 6.45) is 4.48. The number of carboxylic acid groups (broad SMARTS) is 1. The van der Waals surface area contributed by atoms with Crippen LogP contribution in [0.3, 0.4) is 0 Å². The molecule has 0 aromatic heterocycles. The van der Waals surface area contributed by atoms with Crippen molar-refractivity contribution >= 4 is 17.8 Å². The number of carbonyl (C=O) groups excluding carboxylic acids is 2. The standard InChI is InChI=1S/C18H22N2O5/c19-17(22)11-5-7-13(8-6-11)25-10-16(21)20-14-4-2-1-3-12(14)9-15(20)18(23)24/h5-8,12,14-15H,1-4,9-10H2,(H2,19,22)(H,23,24). The Bertz CT molecular complexity index is 673. The molecule has 1 aromatic carbocycles. The summed E-state index contributed by atoms with van der Waals surface area (Å²) in [5, 5.41) is 9.47. The first-order valence-corrected chi connectivity index (χ1v) is 8.54. The number of aliphatic carboxylic acids is 1. The molecule has 2 amide bonds. The van der Waals surface area contributed by atoms with E-state index < -0.39 is 17.9 Å². The van der Waals surface area contributed by atoms with Crippen molar-refractivity contribution in [1.29, 1.82) is 0 Å². The Morgan fingerprint density at radius 3 is 2.48 bits per heavy atom. The van der Waals surface area contributed by atoms with Gasteiger partial charge in [0.25, 0.3) is 5.91 Å². The summed E-state index contributed by atoms with van der Waals surface area (Å²) in [6.45, 7) is -0.219. The first kappa shape index (κ1) is 17.3. The molecule has 1 saturated carbocycles. The third kappa shape index (κ3) is 3.60. The average molecular weight is 346 g/mol. The van der Waals surface area contributed by atoms with Crippen molar-refractivity contribution in [2.24, 2.45) is 11.7 Å². The minimum atomic E-state index is -0.950. The van der Waals surface area contributed by atoms with Crippen molar-refractivity contribution in [1.82, 2.24) is 4.90 Å². The summed E-state index contributed by atoms with van der Waals surface area (Å²) in [6, 6.07) is 5.42. The molecule has 0 radical (unpaired) electrons. The lowest BCUT2D eigenvalue weighted by Crippen LogP contribution is -2.48. The van der Waals surface area contributed by atoms with E-state index in [1.807, 2.05) is 0 Å². The minimum absolute atomic E-state index is 0.00295. The van der Waals surface area contributed by atoms with E-state index in [4.69, 9.17) is 10.5 Å². The molecule has 0 spiro atoms. The second-order valence-corrected chi connectivity index (χ2v) is 6.68. The van der Waals surface area contributed by atoms with E-state index in [0.29, 0.717) is 17.7 Å². The highest BCUT2D eigenvalue weighted by Crippen LogP contribution is 2.39. The number of fused-ring (bicyclic) bond motifs is 1. The third-order valence-electron chi connectivity index (χ3n) is 5.16. The van der Waals surface area contributed by atoms with Crippen LogP contribution in [0, 0.1) is 5.92 Å². The zero-order valence-corrected chi connectivity index (χ0v) is 13.9. The van der Waals surface area contributed by atoms with Gasteiger partial charge in [-0.1, -0.05) is 12.8 Å². The van der Waals surface area contributed by atoms with E-state index in [-0.39, 0.29) is 24.5 Å². The van der Waals surface area contributed by atoms with Crippen LogP contribution in [0.15, 0.2) is 24.3 Å². The van der Waals surface area contributed by atoms with E-state index in [0.717, 1.165) is 25.7 Å². The van der Waals surface area contributed by atoms with Gasteiger partial charge in [-0.2, -0.15) is 0 Å². The molecule has 1 aliphatic heterocycles. The third-order valence-corrected chi connectivity index (χ3v) is 5.16. The van der Waals surface area contributed by atoms with Gasteiger partial charge in [0.1, 0.15) is 11.8 Å². The second kappa shape index (κ2) is 7.13. The van der Waals surface area contributed by atoms with Crippen LogP contribution in [0.1, 0.15) is 42.5 Å². The molecule has 0 bridgehead atoms. The maximum absolute atomic E-state index is 12.6. The van der Waals surface area contributed by atoms with Crippen molar-refractivity contribution in [3.05, 3.63) is 29.8 Å². The zero-order valence-electron chi connectivity index (χ0n) is 13.9. The number of likely N-dealkylation sites (tertiary alicyclic amines) is 1. The van der Waals surface area contributed by atoms with Crippen molar-refractivity contribution in [2.75, 3.05) is 6.61 Å². The number of rotatable bonds is 5. The van der Waals surface area contributed by atoms with Crippen molar-refractivity contribution in [3.63, 3.8) is 0 Å². The van der Waals surface area contributed by atoms with Gasteiger partial charge in [-0.05, 0) is 49.4 Å². The van der Waals surface area contributed by atoms with E-state index in [1.54, 1.807) is 12.1 Å². The SMILES string of the molecule is NC(=O)c1ccc(OCC(=O)N2C(C(=O)O)CC3CCCCC32)cc1. The van der Waals surface area contributed by atoms with E-state index in [2.05, 4.69) is 0 Å².